The second-order valence-electron chi connectivity index (χ2n) is 3.83. The molecule has 0 spiro atoms. The minimum absolute atomic E-state index is 0.702. The van der Waals surface area contributed by atoms with Gasteiger partial charge in [0.2, 0.25) is 0 Å². The number of hydrogen-bond acceptors (Lipinski definition) is 3. The maximum absolute atomic E-state index is 10.9. The molecule has 1 heterocycles. The molecule has 1 aliphatic heterocycles. The maximum Gasteiger partial charge on any atom is 0.0101 e. The molecule has 0 saturated carbocycles. The summed E-state index contributed by atoms with van der Waals surface area (Å²) in [5, 5.41) is 12.0. The minimum atomic E-state index is 0.702. The molecule has 0 aromatic heterocycles. The second-order valence-corrected chi connectivity index (χ2v) is 3.83. The van der Waals surface area contributed by atoms with Gasteiger partial charge in [-0.15, -0.1) is 0 Å². The van der Waals surface area contributed by atoms with Gasteiger partial charge < -0.3 is 15.2 Å². The van der Waals surface area contributed by atoms with Crippen molar-refractivity contribution in [3.05, 3.63) is 5.21 Å². The Hall–Kier alpha value is -0.120. The summed E-state index contributed by atoms with van der Waals surface area (Å²) >= 11 is 0. The lowest BCUT2D eigenvalue weighted by molar-refractivity contribution is 0.166. The normalized spacial score (nSPS) is 20.8. The summed E-state index contributed by atoms with van der Waals surface area (Å²) in [5.41, 5.74) is 0. The molecule has 0 aromatic rings. The molecule has 3 nitrogen and oxygen atoms in total. The van der Waals surface area contributed by atoms with Crippen LogP contribution in [0.15, 0.2) is 0 Å². The summed E-state index contributed by atoms with van der Waals surface area (Å²) in [5.74, 6) is 0. The molecule has 1 fully saturated rings. The van der Waals surface area contributed by atoms with Crippen molar-refractivity contribution in [3.8, 4) is 0 Å². The Labute approximate surface area is 81.3 Å². The molecule has 0 bridgehead atoms. The average molecular weight is 185 g/mol. The van der Waals surface area contributed by atoms with E-state index >= 15 is 0 Å². The lowest BCUT2D eigenvalue weighted by Crippen LogP contribution is -2.43. The molecule has 0 unspecified atom stereocenters. The van der Waals surface area contributed by atoms with Crippen molar-refractivity contribution < 1.29 is 0 Å². The van der Waals surface area contributed by atoms with Crippen LogP contribution in [0.25, 0.3) is 0 Å². The van der Waals surface area contributed by atoms with Gasteiger partial charge >= 0.3 is 0 Å². The smallest absolute Gasteiger partial charge is 0.0101 e. The third-order valence-corrected chi connectivity index (χ3v) is 2.66. The highest BCUT2D eigenvalue weighted by atomic mass is 16.5. The third-order valence-electron chi connectivity index (χ3n) is 2.66. The minimum Gasteiger partial charge on any atom is -0.785 e. The largest absolute Gasteiger partial charge is 0.785 e. The number of rotatable bonds is 5. The van der Waals surface area contributed by atoms with Crippen LogP contribution in [0, 0.1) is 5.21 Å². The summed E-state index contributed by atoms with van der Waals surface area (Å²) in [6, 6.07) is 0. The van der Waals surface area contributed by atoms with Gasteiger partial charge in [0.15, 0.2) is 0 Å². The van der Waals surface area contributed by atoms with E-state index in [0.717, 1.165) is 13.1 Å². The van der Waals surface area contributed by atoms with Crippen LogP contribution in [0.3, 0.4) is 0 Å². The van der Waals surface area contributed by atoms with Crippen molar-refractivity contribution in [2.75, 3.05) is 32.7 Å². The number of hydroxylamine groups is 2. The molecule has 1 rings (SSSR count). The molecule has 13 heavy (non-hydrogen) atoms. The molecule has 0 radical (unpaired) electrons. The summed E-state index contributed by atoms with van der Waals surface area (Å²) in [6.07, 6.45) is 5.29. The van der Waals surface area contributed by atoms with Crippen LogP contribution in [-0.2, 0) is 0 Å². The topological polar surface area (TPSA) is 29.5 Å². The summed E-state index contributed by atoms with van der Waals surface area (Å²) in [4.78, 5) is 2.41. The van der Waals surface area contributed by atoms with E-state index in [1.165, 1.54) is 37.3 Å². The van der Waals surface area contributed by atoms with E-state index < -0.39 is 0 Å². The molecule has 78 valence electrons. The fraction of sp³-hybridized carbons (Fsp3) is 1.00. The maximum atomic E-state index is 10.9. The Kier molecular flexibility index (Phi) is 5.35. The van der Waals surface area contributed by atoms with Gasteiger partial charge in [0.05, 0.1) is 0 Å². The van der Waals surface area contributed by atoms with Crippen LogP contribution >= 0.6 is 0 Å². The van der Waals surface area contributed by atoms with Gasteiger partial charge in [-0.25, -0.2) is 0 Å². The Morgan fingerprint density at radius 1 is 1.00 bits per heavy atom. The fourth-order valence-corrected chi connectivity index (χ4v) is 1.72. The Morgan fingerprint density at radius 3 is 2.31 bits per heavy atom. The molecule has 0 N–H and O–H groups in total. The predicted molar refractivity (Wildman–Crippen MR) is 55.5 cm³/mol. The highest BCUT2D eigenvalue weighted by Crippen LogP contribution is 2.04. The van der Waals surface area contributed by atoms with Crippen LogP contribution in [0.4, 0.5) is 0 Å². The van der Waals surface area contributed by atoms with Gasteiger partial charge in [-0.2, -0.15) is 0 Å². The standard InChI is InChI=1S/C10H21N2O/c1-2-3-4-5-6-11-7-9-12(13)10-8-11/h2-10H2,1H3/q-1. The summed E-state index contributed by atoms with van der Waals surface area (Å²) in [7, 11) is 0. The molecule has 1 aliphatic rings. The zero-order valence-electron chi connectivity index (χ0n) is 8.67. The van der Waals surface area contributed by atoms with Gasteiger partial charge in [0.25, 0.3) is 0 Å². The zero-order chi connectivity index (χ0) is 9.52. The first-order chi connectivity index (χ1) is 6.33. The first-order valence-electron chi connectivity index (χ1n) is 5.47. The Bertz CT molecular complexity index is 122. The SMILES string of the molecule is CCCCCCN1CCN([O-])CC1. The van der Waals surface area contributed by atoms with Crippen molar-refractivity contribution in [1.29, 1.82) is 0 Å². The molecular weight excluding hydrogens is 164 g/mol. The first kappa shape index (κ1) is 11.0. The van der Waals surface area contributed by atoms with Gasteiger partial charge in [-0.1, -0.05) is 26.2 Å². The second kappa shape index (κ2) is 6.35. The van der Waals surface area contributed by atoms with E-state index in [1.807, 2.05) is 0 Å². The van der Waals surface area contributed by atoms with Crippen molar-refractivity contribution in [2.24, 2.45) is 0 Å². The molecule has 0 amide bonds. The zero-order valence-corrected chi connectivity index (χ0v) is 8.67. The molecule has 0 aliphatic carbocycles. The van der Waals surface area contributed by atoms with Gasteiger partial charge in [-0.05, 0) is 26.1 Å². The van der Waals surface area contributed by atoms with Crippen LogP contribution in [0.2, 0.25) is 0 Å². The van der Waals surface area contributed by atoms with E-state index in [-0.39, 0.29) is 0 Å². The van der Waals surface area contributed by atoms with Crippen LogP contribution < -0.4 is 0 Å². The lowest BCUT2D eigenvalue weighted by atomic mass is 10.2. The number of piperazine rings is 1. The molecule has 0 aromatic carbocycles. The predicted octanol–water partition coefficient (Wildman–Crippen LogP) is 1.68. The third kappa shape index (κ3) is 4.60. The van der Waals surface area contributed by atoms with Crippen molar-refractivity contribution in [1.82, 2.24) is 9.96 Å². The summed E-state index contributed by atoms with van der Waals surface area (Å²) < 4.78 is 0. The lowest BCUT2D eigenvalue weighted by Gasteiger charge is -2.38. The average Bonchev–Trinajstić information content (AvgIpc) is 2.15. The fourth-order valence-electron chi connectivity index (χ4n) is 1.72. The molecule has 0 atom stereocenters. The Morgan fingerprint density at radius 2 is 1.69 bits per heavy atom. The van der Waals surface area contributed by atoms with Gasteiger partial charge in [0, 0.05) is 13.1 Å². The number of nitrogens with zero attached hydrogens (tertiary/aromatic N) is 2. The Balaban J connectivity index is 1.96. The van der Waals surface area contributed by atoms with Crippen LogP contribution in [0.1, 0.15) is 32.6 Å². The van der Waals surface area contributed by atoms with Gasteiger partial charge in [-0.3, -0.25) is 0 Å². The van der Waals surface area contributed by atoms with E-state index in [2.05, 4.69) is 11.8 Å². The molecular formula is C10H21N2O-. The number of unbranched alkanes of at least 4 members (excludes halogenated alkanes) is 3. The van der Waals surface area contributed by atoms with Crippen molar-refractivity contribution in [2.45, 2.75) is 32.6 Å². The monoisotopic (exact) mass is 185 g/mol. The van der Waals surface area contributed by atoms with E-state index in [1.54, 1.807) is 0 Å². The van der Waals surface area contributed by atoms with Crippen LogP contribution in [0.5, 0.6) is 0 Å². The van der Waals surface area contributed by atoms with Crippen LogP contribution in [-0.4, -0.2) is 42.7 Å². The van der Waals surface area contributed by atoms with Crippen molar-refractivity contribution in [3.63, 3.8) is 0 Å². The highest BCUT2D eigenvalue weighted by molar-refractivity contribution is 4.71. The van der Waals surface area contributed by atoms with Gasteiger partial charge in [0.1, 0.15) is 0 Å². The highest BCUT2D eigenvalue weighted by Gasteiger charge is 2.09. The quantitative estimate of drug-likeness (QED) is 0.610. The summed E-state index contributed by atoms with van der Waals surface area (Å²) in [6.45, 7) is 6.76. The van der Waals surface area contributed by atoms with E-state index in [9.17, 15) is 5.21 Å². The van der Waals surface area contributed by atoms with E-state index in [0.29, 0.717) is 13.1 Å². The number of hydrogen-bond donors (Lipinski definition) is 0. The van der Waals surface area contributed by atoms with Crippen molar-refractivity contribution >= 4 is 0 Å². The first-order valence-corrected chi connectivity index (χ1v) is 5.47. The van der Waals surface area contributed by atoms with E-state index in [4.69, 9.17) is 0 Å². The molecule has 3 heteroatoms. The molecule has 1 saturated heterocycles.